The highest BCUT2D eigenvalue weighted by Gasteiger charge is 2.27. The third kappa shape index (κ3) is 7.14. The summed E-state index contributed by atoms with van der Waals surface area (Å²) < 4.78 is 0. The summed E-state index contributed by atoms with van der Waals surface area (Å²) in [7, 11) is 0. The fourth-order valence-electron chi connectivity index (χ4n) is 10.0. The van der Waals surface area contributed by atoms with Gasteiger partial charge < -0.3 is 9.80 Å². The number of nitrogens with zero attached hydrogens (tertiary/aromatic N) is 2. The molecular weight excluding hydrogens is 773 g/mol. The normalized spacial score (nSPS) is 12.5. The van der Waals surface area contributed by atoms with Crippen LogP contribution in [0.5, 0.6) is 0 Å². The number of fused-ring (bicyclic) bond motifs is 2. The molecule has 0 aliphatic heterocycles. The van der Waals surface area contributed by atoms with E-state index in [1.807, 2.05) is 0 Å². The molecule has 0 unspecified atom stereocenters. The highest BCUT2D eigenvalue weighted by Crippen LogP contribution is 2.51. The van der Waals surface area contributed by atoms with Crippen LogP contribution in [0.4, 0.5) is 34.1 Å². The predicted molar refractivity (Wildman–Crippen MR) is 280 cm³/mol. The Balaban J connectivity index is 1.30. The molecule has 10 aromatic rings. The predicted octanol–water partition coefficient (Wildman–Crippen LogP) is 18.7. The van der Waals surface area contributed by atoms with Gasteiger partial charge in [0.2, 0.25) is 0 Å². The Morgan fingerprint density at radius 2 is 0.656 bits per heavy atom. The lowest BCUT2D eigenvalue weighted by Gasteiger charge is -2.32. The highest BCUT2D eigenvalue weighted by molar-refractivity contribution is 6.29. The third-order valence-corrected chi connectivity index (χ3v) is 13.6. The lowest BCUT2D eigenvalue weighted by Crippen LogP contribution is -2.14. The van der Waals surface area contributed by atoms with Crippen LogP contribution in [0.1, 0.15) is 103 Å². The van der Waals surface area contributed by atoms with E-state index in [1.54, 1.807) is 0 Å². The van der Waals surface area contributed by atoms with Crippen LogP contribution in [0.2, 0.25) is 0 Å². The number of rotatable bonds is 8. The Bertz CT molecular complexity index is 3110. The smallest absolute Gasteiger partial charge is 0.0543 e. The molecule has 0 heterocycles. The molecule has 0 aromatic heterocycles. The van der Waals surface area contributed by atoms with Crippen molar-refractivity contribution in [1.29, 1.82) is 0 Å². The molecule has 10 aromatic carbocycles. The van der Waals surface area contributed by atoms with Crippen LogP contribution in [-0.2, 0) is 10.8 Å². The van der Waals surface area contributed by atoms with Crippen LogP contribution in [0.25, 0.3) is 53.9 Å². The monoisotopic (exact) mass is 832 g/mol. The Kier molecular flexibility index (Phi) is 10.1. The van der Waals surface area contributed by atoms with Gasteiger partial charge in [-0.2, -0.15) is 0 Å². The van der Waals surface area contributed by atoms with Crippen molar-refractivity contribution in [3.8, 4) is 0 Å². The summed E-state index contributed by atoms with van der Waals surface area (Å²) in [6, 6.07) is 64.5. The lowest BCUT2D eigenvalue weighted by atomic mass is 9.83. The van der Waals surface area contributed by atoms with Gasteiger partial charge in [-0.1, -0.05) is 178 Å². The standard InChI is InChI=1S/C62H60N2/c1-39(2)55-37-57(63(47-27-21-45(22-28-47)61(5,6)7)49-25-19-41-15-11-13-17-43(41)35-49)53-34-32-52-56(40(3)4)38-58(54-33-31-51(55)59(53)60(52)54)64(48-29-23-46(24-30-48)62(8,9)10)50-26-20-42-16-12-14-18-44(42)36-50/h11-40H,1-10H3. The molecular formula is C62H60N2. The van der Waals surface area contributed by atoms with Gasteiger partial charge in [0.15, 0.2) is 0 Å². The second-order valence-corrected chi connectivity index (χ2v) is 20.7. The van der Waals surface area contributed by atoms with E-state index in [-0.39, 0.29) is 10.8 Å². The van der Waals surface area contributed by atoms with Crippen molar-refractivity contribution < 1.29 is 0 Å². The summed E-state index contributed by atoms with van der Waals surface area (Å²) >= 11 is 0. The Morgan fingerprint density at radius 3 is 1.00 bits per heavy atom. The van der Waals surface area contributed by atoms with Gasteiger partial charge in [0.25, 0.3) is 0 Å². The number of benzene rings is 10. The first-order valence-corrected chi connectivity index (χ1v) is 23.2. The Morgan fingerprint density at radius 1 is 0.328 bits per heavy atom. The van der Waals surface area contributed by atoms with E-state index in [9.17, 15) is 0 Å². The zero-order valence-corrected chi connectivity index (χ0v) is 39.2. The van der Waals surface area contributed by atoms with Crippen molar-refractivity contribution in [2.45, 2.75) is 91.9 Å². The SMILES string of the molecule is CC(C)c1cc(N(c2ccc(C(C)(C)C)cc2)c2ccc3ccccc3c2)c2ccc3c(C(C)C)cc(N(c4ccc(C(C)(C)C)cc4)c4ccc5ccccc5c4)c4ccc1c2c34. The first-order valence-electron chi connectivity index (χ1n) is 23.2. The van der Waals surface area contributed by atoms with Crippen LogP contribution < -0.4 is 9.80 Å². The summed E-state index contributed by atoms with van der Waals surface area (Å²) in [5.74, 6) is 0.592. The Hall–Kier alpha value is -6.64. The molecule has 64 heavy (non-hydrogen) atoms. The summed E-state index contributed by atoms with van der Waals surface area (Å²) in [5.41, 5.74) is 12.5. The van der Waals surface area contributed by atoms with Gasteiger partial charge in [-0.3, -0.25) is 0 Å². The molecule has 0 radical (unpaired) electrons. The van der Waals surface area contributed by atoms with Crippen LogP contribution >= 0.6 is 0 Å². The molecule has 0 saturated carbocycles. The molecule has 0 bridgehead atoms. The first kappa shape index (κ1) is 41.4. The fraction of sp³-hybridized carbons (Fsp3) is 0.226. The molecule has 2 nitrogen and oxygen atoms in total. The second kappa shape index (κ2) is 15.6. The van der Waals surface area contributed by atoms with Crippen LogP contribution in [0.3, 0.4) is 0 Å². The molecule has 10 rings (SSSR count). The summed E-state index contributed by atoms with van der Waals surface area (Å²) in [6.45, 7) is 23.2. The van der Waals surface area contributed by atoms with Gasteiger partial charge in [0, 0.05) is 33.5 Å². The molecule has 0 aliphatic carbocycles. The Labute approximate surface area is 380 Å². The topological polar surface area (TPSA) is 6.48 Å². The molecule has 0 amide bonds. The molecule has 0 aliphatic rings. The minimum Gasteiger partial charge on any atom is -0.310 e. The van der Waals surface area contributed by atoms with Gasteiger partial charge in [0.05, 0.1) is 11.4 Å². The fourth-order valence-corrected chi connectivity index (χ4v) is 10.0. The summed E-state index contributed by atoms with van der Waals surface area (Å²) in [6.07, 6.45) is 0. The molecule has 2 heteroatoms. The molecule has 0 saturated heterocycles. The van der Waals surface area contributed by atoms with Crippen LogP contribution in [0.15, 0.2) is 170 Å². The van der Waals surface area contributed by atoms with Crippen LogP contribution in [0, 0.1) is 0 Å². The summed E-state index contributed by atoms with van der Waals surface area (Å²) in [5, 5.41) is 12.8. The zero-order chi connectivity index (χ0) is 44.7. The lowest BCUT2D eigenvalue weighted by molar-refractivity contribution is 0.590. The van der Waals surface area contributed by atoms with Crippen molar-refractivity contribution in [3.05, 3.63) is 192 Å². The molecule has 0 atom stereocenters. The summed E-state index contributed by atoms with van der Waals surface area (Å²) in [4.78, 5) is 5.03. The van der Waals surface area contributed by atoms with Crippen LogP contribution in [-0.4, -0.2) is 0 Å². The average Bonchev–Trinajstić information content (AvgIpc) is 3.28. The highest BCUT2D eigenvalue weighted by atomic mass is 15.1. The van der Waals surface area contributed by atoms with E-state index in [4.69, 9.17) is 0 Å². The molecule has 0 N–H and O–H groups in total. The van der Waals surface area contributed by atoms with Gasteiger partial charge >= 0.3 is 0 Å². The number of anilines is 6. The molecule has 318 valence electrons. The maximum atomic E-state index is 2.51. The number of hydrogen-bond acceptors (Lipinski definition) is 2. The first-order chi connectivity index (χ1) is 30.7. The average molecular weight is 833 g/mol. The minimum absolute atomic E-state index is 0.0469. The maximum Gasteiger partial charge on any atom is 0.0543 e. The van der Waals surface area contributed by atoms with E-state index in [0.29, 0.717) is 11.8 Å². The van der Waals surface area contributed by atoms with E-state index in [0.717, 1.165) is 22.7 Å². The van der Waals surface area contributed by atoms with E-state index in [2.05, 4.69) is 249 Å². The number of hydrogen-bond donors (Lipinski definition) is 0. The van der Waals surface area contributed by atoms with Crippen molar-refractivity contribution in [3.63, 3.8) is 0 Å². The van der Waals surface area contributed by atoms with Crippen molar-refractivity contribution >= 4 is 88.0 Å². The minimum atomic E-state index is 0.0469. The maximum absolute atomic E-state index is 2.51. The van der Waals surface area contributed by atoms with Crippen molar-refractivity contribution in [2.24, 2.45) is 0 Å². The molecule has 0 fully saturated rings. The third-order valence-electron chi connectivity index (χ3n) is 13.6. The largest absolute Gasteiger partial charge is 0.310 e. The molecule has 0 spiro atoms. The second-order valence-electron chi connectivity index (χ2n) is 20.7. The van der Waals surface area contributed by atoms with E-state index < -0.39 is 0 Å². The zero-order valence-electron chi connectivity index (χ0n) is 39.2. The van der Waals surface area contributed by atoms with E-state index >= 15 is 0 Å². The quantitative estimate of drug-likeness (QED) is 0.141. The van der Waals surface area contributed by atoms with Gasteiger partial charge in [-0.15, -0.1) is 0 Å². The van der Waals surface area contributed by atoms with E-state index in [1.165, 1.54) is 87.5 Å². The van der Waals surface area contributed by atoms with Crippen molar-refractivity contribution in [2.75, 3.05) is 9.80 Å². The van der Waals surface area contributed by atoms with Gasteiger partial charge in [0.1, 0.15) is 0 Å². The van der Waals surface area contributed by atoms with Gasteiger partial charge in [-0.25, -0.2) is 0 Å². The van der Waals surface area contributed by atoms with Crippen molar-refractivity contribution in [1.82, 2.24) is 0 Å². The van der Waals surface area contributed by atoms with Gasteiger partial charge in [-0.05, 0) is 149 Å².